The van der Waals surface area contributed by atoms with Gasteiger partial charge in [-0.15, -0.1) is 0 Å². The van der Waals surface area contributed by atoms with Gasteiger partial charge in [0.05, 0.1) is 30.0 Å². The summed E-state index contributed by atoms with van der Waals surface area (Å²) in [6.07, 6.45) is -4.40. The van der Waals surface area contributed by atoms with E-state index in [0.717, 1.165) is 12.1 Å². The second-order valence-corrected chi connectivity index (χ2v) is 6.74. The lowest BCUT2D eigenvalue weighted by molar-refractivity contribution is -0.137. The SMILES string of the molecule is CCOC(=O)c1ccc(CNc2nc(C)nc(C)c2C#Cc2ccc(C(F)(F)F)cc2)o1. The van der Waals surface area contributed by atoms with E-state index in [4.69, 9.17) is 9.15 Å². The lowest BCUT2D eigenvalue weighted by Gasteiger charge is -2.09. The molecule has 0 aliphatic carbocycles. The van der Waals surface area contributed by atoms with Gasteiger partial charge in [-0.1, -0.05) is 11.8 Å². The van der Waals surface area contributed by atoms with Crippen LogP contribution in [0.5, 0.6) is 0 Å². The monoisotopic (exact) mass is 443 g/mol. The van der Waals surface area contributed by atoms with Crippen LogP contribution in [0.4, 0.5) is 19.0 Å². The number of carbonyl (C=O) groups is 1. The van der Waals surface area contributed by atoms with Gasteiger partial charge in [0.2, 0.25) is 5.76 Å². The fourth-order valence-corrected chi connectivity index (χ4v) is 2.82. The average Bonchev–Trinajstić information content (AvgIpc) is 3.20. The summed E-state index contributed by atoms with van der Waals surface area (Å²) in [4.78, 5) is 20.4. The van der Waals surface area contributed by atoms with E-state index in [2.05, 4.69) is 27.1 Å². The number of benzene rings is 1. The third-order valence-corrected chi connectivity index (χ3v) is 4.31. The first-order chi connectivity index (χ1) is 15.2. The molecule has 0 saturated carbocycles. The van der Waals surface area contributed by atoms with E-state index in [9.17, 15) is 18.0 Å². The molecule has 0 aliphatic heterocycles. The van der Waals surface area contributed by atoms with Crippen LogP contribution in [0, 0.1) is 25.7 Å². The molecular formula is C23H20F3N3O3. The van der Waals surface area contributed by atoms with Crippen LogP contribution in [0.3, 0.4) is 0 Å². The summed E-state index contributed by atoms with van der Waals surface area (Å²) >= 11 is 0. The van der Waals surface area contributed by atoms with Crippen LogP contribution < -0.4 is 5.32 Å². The Hall–Kier alpha value is -3.80. The molecule has 0 atom stereocenters. The molecule has 2 aromatic heterocycles. The highest BCUT2D eigenvalue weighted by Gasteiger charge is 2.29. The molecule has 0 radical (unpaired) electrons. The normalized spacial score (nSPS) is 10.9. The molecule has 0 saturated heterocycles. The molecular weight excluding hydrogens is 423 g/mol. The van der Waals surface area contributed by atoms with Crippen molar-refractivity contribution in [3.63, 3.8) is 0 Å². The Morgan fingerprint density at radius 2 is 1.81 bits per heavy atom. The molecule has 9 heteroatoms. The maximum atomic E-state index is 12.7. The van der Waals surface area contributed by atoms with E-state index in [-0.39, 0.29) is 18.9 Å². The predicted molar refractivity (Wildman–Crippen MR) is 111 cm³/mol. The van der Waals surface area contributed by atoms with Gasteiger partial charge < -0.3 is 14.5 Å². The van der Waals surface area contributed by atoms with Crippen LogP contribution in [-0.4, -0.2) is 22.5 Å². The van der Waals surface area contributed by atoms with Crippen molar-refractivity contribution in [1.29, 1.82) is 0 Å². The zero-order valence-corrected chi connectivity index (χ0v) is 17.6. The molecule has 0 amide bonds. The molecule has 0 fully saturated rings. The maximum absolute atomic E-state index is 12.7. The first kappa shape index (κ1) is 22.9. The highest BCUT2D eigenvalue weighted by atomic mass is 19.4. The minimum Gasteiger partial charge on any atom is -0.460 e. The number of aromatic nitrogens is 2. The molecule has 1 aromatic carbocycles. The number of furan rings is 1. The Balaban J connectivity index is 1.81. The smallest absolute Gasteiger partial charge is 0.416 e. The van der Waals surface area contributed by atoms with Crippen LogP contribution in [-0.2, 0) is 17.5 Å². The number of nitrogens with zero attached hydrogens (tertiary/aromatic N) is 2. The molecule has 3 rings (SSSR count). The Bertz CT molecular complexity index is 1170. The fraction of sp³-hybridized carbons (Fsp3) is 0.261. The number of hydrogen-bond acceptors (Lipinski definition) is 6. The Morgan fingerprint density at radius 3 is 2.47 bits per heavy atom. The zero-order valence-electron chi connectivity index (χ0n) is 17.6. The van der Waals surface area contributed by atoms with E-state index >= 15 is 0 Å². The van der Waals surface area contributed by atoms with Gasteiger partial charge in [0.15, 0.2) is 0 Å². The van der Waals surface area contributed by atoms with Gasteiger partial charge in [0.25, 0.3) is 0 Å². The number of aryl methyl sites for hydroxylation is 2. The summed E-state index contributed by atoms with van der Waals surface area (Å²) in [5.74, 6) is 6.80. The van der Waals surface area contributed by atoms with Crippen molar-refractivity contribution in [2.24, 2.45) is 0 Å². The highest BCUT2D eigenvalue weighted by molar-refractivity contribution is 5.86. The number of ether oxygens (including phenoxy) is 1. The standard InChI is InChI=1S/C23H20F3N3O3/c1-4-31-22(30)20-12-10-18(32-20)13-27-21-19(14(2)28-15(3)29-21)11-7-16-5-8-17(9-6-16)23(24,25)26/h5-6,8-10,12H,4,13H2,1-3H3,(H,27,28,29). The second-order valence-electron chi connectivity index (χ2n) is 6.74. The highest BCUT2D eigenvalue weighted by Crippen LogP contribution is 2.29. The number of rotatable bonds is 5. The van der Waals surface area contributed by atoms with Crippen molar-refractivity contribution in [2.75, 3.05) is 11.9 Å². The minimum atomic E-state index is -4.40. The number of esters is 1. The minimum absolute atomic E-state index is 0.0982. The van der Waals surface area contributed by atoms with Crippen molar-refractivity contribution in [1.82, 2.24) is 9.97 Å². The molecule has 1 N–H and O–H groups in total. The average molecular weight is 443 g/mol. The first-order valence-electron chi connectivity index (χ1n) is 9.71. The lowest BCUT2D eigenvalue weighted by atomic mass is 10.1. The van der Waals surface area contributed by atoms with E-state index in [0.29, 0.717) is 34.2 Å². The number of halogens is 3. The van der Waals surface area contributed by atoms with Gasteiger partial charge in [-0.3, -0.25) is 0 Å². The molecule has 3 aromatic rings. The summed E-state index contributed by atoms with van der Waals surface area (Å²) in [5.41, 5.74) is 0.814. The van der Waals surface area contributed by atoms with Crippen molar-refractivity contribution in [3.05, 3.63) is 76.1 Å². The number of carbonyl (C=O) groups excluding carboxylic acids is 1. The van der Waals surface area contributed by atoms with Gasteiger partial charge in [-0.05, 0) is 57.2 Å². The first-order valence-corrected chi connectivity index (χ1v) is 9.71. The van der Waals surface area contributed by atoms with Gasteiger partial charge in [0, 0.05) is 5.56 Å². The molecule has 0 aliphatic rings. The van der Waals surface area contributed by atoms with Crippen LogP contribution in [0.15, 0.2) is 40.8 Å². The predicted octanol–water partition coefficient (Wildman–Crippen LogP) is 4.89. The van der Waals surface area contributed by atoms with E-state index in [1.54, 1.807) is 26.8 Å². The Labute approximate surface area is 182 Å². The van der Waals surface area contributed by atoms with E-state index < -0.39 is 17.7 Å². The summed E-state index contributed by atoms with van der Waals surface area (Å²) in [6, 6.07) is 7.77. The van der Waals surface area contributed by atoms with Gasteiger partial charge in [-0.25, -0.2) is 14.8 Å². The van der Waals surface area contributed by atoms with Crippen LogP contribution in [0.25, 0.3) is 0 Å². The number of hydrogen-bond donors (Lipinski definition) is 1. The van der Waals surface area contributed by atoms with Crippen LogP contribution in [0.2, 0.25) is 0 Å². The third kappa shape index (κ3) is 5.66. The molecule has 0 unspecified atom stereocenters. The number of anilines is 1. The lowest BCUT2D eigenvalue weighted by Crippen LogP contribution is -2.07. The van der Waals surface area contributed by atoms with E-state index in [1.807, 2.05) is 0 Å². The molecule has 166 valence electrons. The van der Waals surface area contributed by atoms with Gasteiger partial charge in [0.1, 0.15) is 17.4 Å². The molecule has 0 spiro atoms. The van der Waals surface area contributed by atoms with Gasteiger partial charge >= 0.3 is 12.1 Å². The quantitative estimate of drug-likeness (QED) is 0.447. The summed E-state index contributed by atoms with van der Waals surface area (Å²) in [6.45, 7) is 5.67. The Morgan fingerprint density at radius 1 is 1.09 bits per heavy atom. The van der Waals surface area contributed by atoms with Crippen molar-refractivity contribution in [2.45, 2.75) is 33.5 Å². The maximum Gasteiger partial charge on any atom is 0.416 e. The van der Waals surface area contributed by atoms with Crippen LogP contribution >= 0.6 is 0 Å². The third-order valence-electron chi connectivity index (χ3n) is 4.31. The summed E-state index contributed by atoms with van der Waals surface area (Å²) in [5, 5.41) is 3.11. The van der Waals surface area contributed by atoms with Crippen molar-refractivity contribution in [3.8, 4) is 11.8 Å². The van der Waals surface area contributed by atoms with Crippen molar-refractivity contribution >= 4 is 11.8 Å². The zero-order chi connectivity index (χ0) is 23.3. The molecule has 2 heterocycles. The molecule has 6 nitrogen and oxygen atoms in total. The summed E-state index contributed by atoms with van der Waals surface area (Å²) in [7, 11) is 0. The van der Waals surface area contributed by atoms with Crippen LogP contribution in [0.1, 0.15) is 51.4 Å². The molecule has 32 heavy (non-hydrogen) atoms. The largest absolute Gasteiger partial charge is 0.460 e. The Kier molecular flexibility index (Phi) is 6.83. The topological polar surface area (TPSA) is 77.2 Å². The van der Waals surface area contributed by atoms with Gasteiger partial charge in [-0.2, -0.15) is 13.2 Å². The van der Waals surface area contributed by atoms with Crippen molar-refractivity contribution < 1.29 is 27.1 Å². The fourth-order valence-electron chi connectivity index (χ4n) is 2.82. The second kappa shape index (κ2) is 9.56. The number of nitrogens with one attached hydrogen (secondary N) is 1. The summed E-state index contributed by atoms with van der Waals surface area (Å²) < 4.78 is 48.6. The molecule has 0 bridgehead atoms. The van der Waals surface area contributed by atoms with E-state index in [1.165, 1.54) is 18.2 Å². The number of alkyl halides is 3.